The van der Waals surface area contributed by atoms with Gasteiger partial charge in [-0.1, -0.05) is 23.7 Å². The zero-order chi connectivity index (χ0) is 11.2. The van der Waals surface area contributed by atoms with Crippen LogP contribution < -0.4 is 5.32 Å². The van der Waals surface area contributed by atoms with Gasteiger partial charge in [-0.05, 0) is 17.7 Å². The Hall–Kier alpha value is -0.900. The molecule has 0 saturated heterocycles. The maximum absolute atomic E-state index is 5.90. The van der Waals surface area contributed by atoms with E-state index >= 15 is 0 Å². The van der Waals surface area contributed by atoms with E-state index in [-0.39, 0.29) is 0 Å². The smallest absolute Gasteiger partial charge is 0.0794 e. The van der Waals surface area contributed by atoms with Gasteiger partial charge < -0.3 is 5.32 Å². The van der Waals surface area contributed by atoms with E-state index < -0.39 is 0 Å². The summed E-state index contributed by atoms with van der Waals surface area (Å²) in [7, 11) is 0. The Bertz CT molecular complexity index is 428. The Kier molecular flexibility index (Phi) is 4.34. The monoisotopic (exact) mass is 252 g/mol. The second kappa shape index (κ2) is 5.99. The molecule has 0 spiro atoms. The average Bonchev–Trinajstić information content (AvgIpc) is 2.77. The number of thiazole rings is 1. The lowest BCUT2D eigenvalue weighted by Crippen LogP contribution is -2.16. The van der Waals surface area contributed by atoms with Crippen LogP contribution in [0.4, 0.5) is 0 Å². The molecule has 0 fully saturated rings. The molecule has 0 aliphatic heterocycles. The normalized spacial score (nSPS) is 10.6. The number of hydrogen-bond donors (Lipinski definition) is 1. The maximum atomic E-state index is 5.90. The third-order valence-corrected chi connectivity index (χ3v) is 3.13. The van der Waals surface area contributed by atoms with Crippen LogP contribution in [0, 0.1) is 0 Å². The summed E-state index contributed by atoms with van der Waals surface area (Å²) in [4.78, 5) is 4.23. The minimum absolute atomic E-state index is 0.791. The van der Waals surface area contributed by atoms with E-state index in [1.165, 1.54) is 5.56 Å². The summed E-state index contributed by atoms with van der Waals surface area (Å²) in [6.07, 6.45) is 0.976. The Morgan fingerprint density at radius 3 is 3.06 bits per heavy atom. The zero-order valence-corrected chi connectivity index (χ0v) is 10.4. The Balaban J connectivity index is 1.72. The van der Waals surface area contributed by atoms with Crippen molar-refractivity contribution in [3.05, 3.63) is 51.4 Å². The highest BCUT2D eigenvalue weighted by Crippen LogP contribution is 2.10. The van der Waals surface area contributed by atoms with Crippen LogP contribution in [0.25, 0.3) is 0 Å². The van der Waals surface area contributed by atoms with E-state index in [4.69, 9.17) is 11.6 Å². The predicted molar refractivity (Wildman–Crippen MR) is 69.0 cm³/mol. The highest BCUT2D eigenvalue weighted by Gasteiger charge is 1.96. The van der Waals surface area contributed by atoms with Crippen LogP contribution in [0.1, 0.15) is 11.3 Å². The SMILES string of the molecule is Clc1cccc(CNCCc2cscn2)c1. The van der Waals surface area contributed by atoms with Gasteiger partial charge in [0.25, 0.3) is 0 Å². The molecular weight excluding hydrogens is 240 g/mol. The molecule has 2 aromatic rings. The van der Waals surface area contributed by atoms with Crippen molar-refractivity contribution in [1.29, 1.82) is 0 Å². The van der Waals surface area contributed by atoms with E-state index in [1.54, 1.807) is 11.3 Å². The molecule has 2 rings (SSSR count). The first-order valence-electron chi connectivity index (χ1n) is 5.17. The fourth-order valence-corrected chi connectivity index (χ4v) is 2.26. The largest absolute Gasteiger partial charge is 0.312 e. The summed E-state index contributed by atoms with van der Waals surface area (Å²) in [5.74, 6) is 0. The number of aromatic nitrogens is 1. The molecule has 0 aliphatic carbocycles. The number of nitrogens with one attached hydrogen (secondary N) is 1. The van der Waals surface area contributed by atoms with Crippen molar-refractivity contribution in [3.63, 3.8) is 0 Å². The van der Waals surface area contributed by atoms with Gasteiger partial charge in [0, 0.05) is 29.9 Å². The summed E-state index contributed by atoms with van der Waals surface area (Å²) < 4.78 is 0. The van der Waals surface area contributed by atoms with Gasteiger partial charge in [-0.25, -0.2) is 4.98 Å². The van der Waals surface area contributed by atoms with E-state index in [0.29, 0.717) is 0 Å². The molecule has 0 saturated carbocycles. The van der Waals surface area contributed by atoms with Crippen molar-refractivity contribution < 1.29 is 0 Å². The molecule has 0 unspecified atom stereocenters. The number of benzene rings is 1. The fraction of sp³-hybridized carbons (Fsp3) is 0.250. The molecule has 2 nitrogen and oxygen atoms in total. The van der Waals surface area contributed by atoms with Crippen LogP contribution in [0.15, 0.2) is 35.2 Å². The van der Waals surface area contributed by atoms with Gasteiger partial charge in [-0.2, -0.15) is 0 Å². The van der Waals surface area contributed by atoms with Crippen molar-refractivity contribution in [2.45, 2.75) is 13.0 Å². The summed E-state index contributed by atoms with van der Waals surface area (Å²) in [6.45, 7) is 1.79. The molecule has 1 aromatic carbocycles. The lowest BCUT2D eigenvalue weighted by atomic mass is 10.2. The number of rotatable bonds is 5. The molecule has 1 heterocycles. The van der Waals surface area contributed by atoms with Crippen LogP contribution in [0.3, 0.4) is 0 Å². The lowest BCUT2D eigenvalue weighted by molar-refractivity contribution is 0.681. The minimum Gasteiger partial charge on any atom is -0.312 e. The highest BCUT2D eigenvalue weighted by molar-refractivity contribution is 7.07. The molecular formula is C12H13ClN2S. The van der Waals surface area contributed by atoms with E-state index in [2.05, 4.69) is 21.7 Å². The molecule has 4 heteroatoms. The lowest BCUT2D eigenvalue weighted by Gasteiger charge is -2.04. The molecule has 84 valence electrons. The van der Waals surface area contributed by atoms with Gasteiger partial charge in [-0.3, -0.25) is 0 Å². The van der Waals surface area contributed by atoms with E-state index in [1.807, 2.05) is 23.7 Å². The second-order valence-electron chi connectivity index (χ2n) is 3.54. The first kappa shape index (κ1) is 11.6. The van der Waals surface area contributed by atoms with Gasteiger partial charge in [-0.15, -0.1) is 11.3 Å². The molecule has 0 bridgehead atoms. The van der Waals surface area contributed by atoms with Crippen LogP contribution in [-0.2, 0) is 13.0 Å². The van der Waals surface area contributed by atoms with Crippen LogP contribution in [-0.4, -0.2) is 11.5 Å². The van der Waals surface area contributed by atoms with Crippen LogP contribution in [0.5, 0.6) is 0 Å². The standard InChI is InChI=1S/C12H13ClN2S/c13-11-3-1-2-10(6-11)7-14-5-4-12-8-16-9-15-12/h1-3,6,8-9,14H,4-5,7H2. The van der Waals surface area contributed by atoms with Crippen molar-refractivity contribution in [2.75, 3.05) is 6.54 Å². The van der Waals surface area contributed by atoms with Crippen molar-refractivity contribution in [3.8, 4) is 0 Å². The summed E-state index contributed by atoms with van der Waals surface area (Å²) in [5, 5.41) is 6.25. The van der Waals surface area contributed by atoms with Crippen LogP contribution >= 0.6 is 22.9 Å². The molecule has 0 aliphatic rings. The quantitative estimate of drug-likeness (QED) is 0.827. The number of halogens is 1. The summed E-state index contributed by atoms with van der Waals surface area (Å²) in [5.41, 5.74) is 4.24. The molecule has 0 radical (unpaired) electrons. The first-order valence-corrected chi connectivity index (χ1v) is 6.49. The van der Waals surface area contributed by atoms with Crippen molar-refractivity contribution in [2.24, 2.45) is 0 Å². The fourth-order valence-electron chi connectivity index (χ4n) is 1.46. The molecule has 16 heavy (non-hydrogen) atoms. The van der Waals surface area contributed by atoms with Crippen molar-refractivity contribution >= 4 is 22.9 Å². The summed E-state index contributed by atoms with van der Waals surface area (Å²) in [6, 6.07) is 7.92. The van der Waals surface area contributed by atoms with Gasteiger partial charge in [0.05, 0.1) is 11.2 Å². The molecule has 1 N–H and O–H groups in total. The third-order valence-electron chi connectivity index (χ3n) is 2.26. The third kappa shape index (κ3) is 3.59. The molecule has 1 aromatic heterocycles. The number of nitrogens with zero attached hydrogens (tertiary/aromatic N) is 1. The minimum atomic E-state index is 0.791. The van der Waals surface area contributed by atoms with Crippen LogP contribution in [0.2, 0.25) is 5.02 Å². The van der Waals surface area contributed by atoms with Gasteiger partial charge in [0.1, 0.15) is 0 Å². The predicted octanol–water partition coefficient (Wildman–Crippen LogP) is 3.13. The molecule has 0 atom stereocenters. The molecule has 0 amide bonds. The van der Waals surface area contributed by atoms with E-state index in [9.17, 15) is 0 Å². The Labute approximate surface area is 104 Å². The van der Waals surface area contributed by atoms with Gasteiger partial charge >= 0.3 is 0 Å². The average molecular weight is 253 g/mol. The summed E-state index contributed by atoms with van der Waals surface area (Å²) >= 11 is 7.54. The first-order chi connectivity index (χ1) is 7.84. The van der Waals surface area contributed by atoms with Gasteiger partial charge in [0.2, 0.25) is 0 Å². The zero-order valence-electron chi connectivity index (χ0n) is 8.82. The Morgan fingerprint density at radius 1 is 1.38 bits per heavy atom. The van der Waals surface area contributed by atoms with E-state index in [0.717, 1.165) is 30.2 Å². The van der Waals surface area contributed by atoms with Crippen molar-refractivity contribution in [1.82, 2.24) is 10.3 Å². The van der Waals surface area contributed by atoms with Gasteiger partial charge in [0.15, 0.2) is 0 Å². The Morgan fingerprint density at radius 2 is 2.31 bits per heavy atom. The number of hydrogen-bond acceptors (Lipinski definition) is 3. The second-order valence-corrected chi connectivity index (χ2v) is 4.69. The topological polar surface area (TPSA) is 24.9 Å². The highest BCUT2D eigenvalue weighted by atomic mass is 35.5. The maximum Gasteiger partial charge on any atom is 0.0794 e.